The van der Waals surface area contributed by atoms with E-state index in [0.29, 0.717) is 23.0 Å². The molecule has 0 aliphatic heterocycles. The van der Waals surface area contributed by atoms with Crippen LogP contribution in [0.4, 0.5) is 10.3 Å². The van der Waals surface area contributed by atoms with E-state index in [0.717, 1.165) is 10.4 Å². The highest BCUT2D eigenvalue weighted by molar-refractivity contribution is 7.11. The molecule has 2 N–H and O–H groups in total. The van der Waals surface area contributed by atoms with Crippen LogP contribution >= 0.6 is 11.3 Å². The van der Waals surface area contributed by atoms with Gasteiger partial charge < -0.3 is 15.0 Å². The maximum atomic E-state index is 13.2. The van der Waals surface area contributed by atoms with Gasteiger partial charge in [0.15, 0.2) is 0 Å². The zero-order valence-electron chi connectivity index (χ0n) is 11.7. The van der Waals surface area contributed by atoms with Crippen molar-refractivity contribution in [3.8, 4) is 0 Å². The van der Waals surface area contributed by atoms with Crippen LogP contribution in [0.2, 0.25) is 0 Å². The number of aryl methyl sites for hydroxylation is 1. The Labute approximate surface area is 125 Å². The summed E-state index contributed by atoms with van der Waals surface area (Å²) in [6, 6.07) is 4.55. The van der Waals surface area contributed by atoms with Crippen LogP contribution in [0.5, 0.6) is 0 Å². The van der Waals surface area contributed by atoms with Crippen molar-refractivity contribution in [1.82, 2.24) is 14.5 Å². The molecule has 0 aliphatic carbocycles. The number of benzene rings is 1. The van der Waals surface area contributed by atoms with Crippen LogP contribution in [-0.4, -0.2) is 19.6 Å². The van der Waals surface area contributed by atoms with Gasteiger partial charge in [-0.25, -0.2) is 14.4 Å². The summed E-state index contributed by atoms with van der Waals surface area (Å²) in [6.07, 6.45) is 1.18. The van der Waals surface area contributed by atoms with Crippen LogP contribution in [-0.2, 0) is 13.6 Å². The molecule has 0 amide bonds. The summed E-state index contributed by atoms with van der Waals surface area (Å²) >= 11 is 1.45. The van der Waals surface area contributed by atoms with Gasteiger partial charge in [-0.05, 0) is 19.1 Å². The molecule has 2 heterocycles. The smallest absolute Gasteiger partial charge is 0.203 e. The van der Waals surface area contributed by atoms with Gasteiger partial charge in [0.25, 0.3) is 0 Å². The molecule has 5 nitrogen and oxygen atoms in total. The number of thiazole rings is 1. The topological polar surface area (TPSA) is 63.0 Å². The zero-order chi connectivity index (χ0) is 15.0. The summed E-state index contributed by atoms with van der Waals surface area (Å²) in [5.41, 5.74) is 1.49. The van der Waals surface area contributed by atoms with Gasteiger partial charge in [0, 0.05) is 24.2 Å². The molecule has 0 aliphatic rings. The van der Waals surface area contributed by atoms with Crippen LogP contribution in [0.25, 0.3) is 11.0 Å². The predicted molar refractivity (Wildman–Crippen MR) is 80.7 cm³/mol. The SMILES string of the molecule is CC(O)c1ncc(CNc2nc3cc(F)ccc3n2C)s1. The highest BCUT2D eigenvalue weighted by Gasteiger charge is 2.10. The predicted octanol–water partition coefficient (Wildman–Crippen LogP) is 2.83. The number of anilines is 1. The van der Waals surface area contributed by atoms with Crippen molar-refractivity contribution < 1.29 is 9.50 Å². The lowest BCUT2D eigenvalue weighted by atomic mass is 10.3. The molecule has 0 spiro atoms. The lowest BCUT2D eigenvalue weighted by molar-refractivity contribution is 0.199. The molecule has 0 fully saturated rings. The number of halogens is 1. The van der Waals surface area contributed by atoms with Crippen molar-refractivity contribution in [1.29, 1.82) is 0 Å². The summed E-state index contributed by atoms with van der Waals surface area (Å²) in [7, 11) is 1.88. The van der Waals surface area contributed by atoms with E-state index in [4.69, 9.17) is 0 Å². The second-order valence-corrected chi connectivity index (χ2v) is 5.97. The number of rotatable bonds is 4. The third-order valence-corrected chi connectivity index (χ3v) is 4.36. The van der Waals surface area contributed by atoms with Gasteiger partial charge >= 0.3 is 0 Å². The fourth-order valence-electron chi connectivity index (χ4n) is 2.09. The lowest BCUT2D eigenvalue weighted by Gasteiger charge is -2.04. The van der Waals surface area contributed by atoms with Crippen LogP contribution in [0, 0.1) is 5.82 Å². The number of hydrogen-bond acceptors (Lipinski definition) is 5. The maximum absolute atomic E-state index is 13.2. The molecule has 1 atom stereocenters. The molecule has 3 aromatic rings. The minimum Gasteiger partial charge on any atom is -0.386 e. The number of aliphatic hydroxyl groups is 1. The number of nitrogens with zero attached hydrogens (tertiary/aromatic N) is 3. The van der Waals surface area contributed by atoms with Crippen molar-refractivity contribution in [3.63, 3.8) is 0 Å². The van der Waals surface area contributed by atoms with E-state index in [-0.39, 0.29) is 5.82 Å². The monoisotopic (exact) mass is 306 g/mol. The number of nitrogens with one attached hydrogen (secondary N) is 1. The van der Waals surface area contributed by atoms with E-state index in [2.05, 4.69) is 15.3 Å². The fraction of sp³-hybridized carbons (Fsp3) is 0.286. The molecule has 7 heteroatoms. The Kier molecular flexibility index (Phi) is 3.60. The Morgan fingerprint density at radius 1 is 1.48 bits per heavy atom. The van der Waals surface area contributed by atoms with Crippen molar-refractivity contribution in [2.75, 3.05) is 5.32 Å². The van der Waals surface area contributed by atoms with Gasteiger partial charge in [-0.2, -0.15) is 0 Å². The number of fused-ring (bicyclic) bond motifs is 1. The van der Waals surface area contributed by atoms with Gasteiger partial charge in [0.1, 0.15) is 16.9 Å². The molecule has 3 rings (SSSR count). The van der Waals surface area contributed by atoms with E-state index in [9.17, 15) is 9.50 Å². The van der Waals surface area contributed by atoms with E-state index in [1.165, 1.54) is 23.5 Å². The van der Waals surface area contributed by atoms with E-state index >= 15 is 0 Å². The average molecular weight is 306 g/mol. The van der Waals surface area contributed by atoms with E-state index < -0.39 is 6.10 Å². The molecule has 0 saturated heterocycles. The summed E-state index contributed by atoms with van der Waals surface area (Å²) in [5.74, 6) is 0.374. The molecule has 1 unspecified atom stereocenters. The minimum absolute atomic E-state index is 0.295. The Morgan fingerprint density at radius 3 is 3.00 bits per heavy atom. The molecule has 0 saturated carbocycles. The first-order chi connectivity index (χ1) is 10.0. The number of aromatic nitrogens is 3. The first-order valence-electron chi connectivity index (χ1n) is 6.53. The Hall–Kier alpha value is -1.99. The summed E-state index contributed by atoms with van der Waals surface area (Å²) < 4.78 is 15.1. The Balaban J connectivity index is 1.79. The number of hydrogen-bond donors (Lipinski definition) is 2. The molecule has 1 aromatic carbocycles. The second-order valence-electron chi connectivity index (χ2n) is 4.82. The third kappa shape index (κ3) is 2.74. The molecule has 110 valence electrons. The average Bonchev–Trinajstić information content (AvgIpc) is 3.02. The minimum atomic E-state index is -0.553. The second kappa shape index (κ2) is 5.42. The van der Waals surface area contributed by atoms with Crippen molar-refractivity contribution in [2.24, 2.45) is 7.05 Å². The van der Waals surface area contributed by atoms with Crippen LogP contribution in [0.3, 0.4) is 0 Å². The van der Waals surface area contributed by atoms with Crippen LogP contribution < -0.4 is 5.32 Å². The Bertz CT molecular complexity index is 780. The number of imidazole rings is 1. The number of aliphatic hydroxyl groups excluding tert-OH is 1. The fourth-order valence-corrected chi connectivity index (χ4v) is 2.89. The largest absolute Gasteiger partial charge is 0.386 e. The quantitative estimate of drug-likeness (QED) is 0.778. The summed E-state index contributed by atoms with van der Waals surface area (Å²) in [4.78, 5) is 9.54. The molecule has 21 heavy (non-hydrogen) atoms. The van der Waals surface area contributed by atoms with E-state index in [1.54, 1.807) is 19.2 Å². The third-order valence-electron chi connectivity index (χ3n) is 3.19. The van der Waals surface area contributed by atoms with E-state index in [1.807, 2.05) is 11.6 Å². The summed E-state index contributed by atoms with van der Waals surface area (Å²) in [6.45, 7) is 2.25. The highest BCUT2D eigenvalue weighted by atomic mass is 32.1. The van der Waals surface area contributed by atoms with Gasteiger partial charge in [-0.1, -0.05) is 0 Å². The molecule has 0 radical (unpaired) electrons. The molecular formula is C14H15FN4OS. The lowest BCUT2D eigenvalue weighted by Crippen LogP contribution is -2.03. The zero-order valence-corrected chi connectivity index (χ0v) is 12.5. The first-order valence-corrected chi connectivity index (χ1v) is 7.35. The highest BCUT2D eigenvalue weighted by Crippen LogP contribution is 2.22. The van der Waals surface area contributed by atoms with Crippen LogP contribution in [0.15, 0.2) is 24.4 Å². The van der Waals surface area contributed by atoms with Gasteiger partial charge in [-0.15, -0.1) is 11.3 Å². The molecule has 2 aromatic heterocycles. The first kappa shape index (κ1) is 14.0. The van der Waals surface area contributed by atoms with Crippen LogP contribution in [0.1, 0.15) is 22.9 Å². The normalized spacial score (nSPS) is 12.8. The Morgan fingerprint density at radius 2 is 2.29 bits per heavy atom. The molecule has 0 bridgehead atoms. The van der Waals surface area contributed by atoms with Gasteiger partial charge in [0.05, 0.1) is 17.6 Å². The maximum Gasteiger partial charge on any atom is 0.203 e. The van der Waals surface area contributed by atoms with Gasteiger partial charge in [0.2, 0.25) is 5.95 Å². The van der Waals surface area contributed by atoms with Crippen molar-refractivity contribution in [2.45, 2.75) is 19.6 Å². The van der Waals surface area contributed by atoms with Crippen molar-refractivity contribution in [3.05, 3.63) is 40.1 Å². The van der Waals surface area contributed by atoms with Crippen molar-refractivity contribution >= 4 is 28.3 Å². The van der Waals surface area contributed by atoms with Gasteiger partial charge in [-0.3, -0.25) is 0 Å². The molecular weight excluding hydrogens is 291 g/mol. The standard InChI is InChI=1S/C14H15FN4OS/c1-8(20)13-16-6-10(21-13)7-17-14-18-11-5-9(15)3-4-12(11)19(14)2/h3-6,8,20H,7H2,1-2H3,(H,17,18). The summed E-state index contributed by atoms with van der Waals surface area (Å²) in [5, 5.41) is 13.4.